The molecule has 6 heteroatoms. The van der Waals surface area contributed by atoms with Gasteiger partial charge in [-0.25, -0.2) is 9.37 Å². The van der Waals surface area contributed by atoms with Crippen LogP contribution in [0.2, 0.25) is 0 Å². The van der Waals surface area contributed by atoms with Crippen molar-refractivity contribution >= 4 is 23.4 Å². The van der Waals surface area contributed by atoms with Crippen molar-refractivity contribution in [3.8, 4) is 11.3 Å². The summed E-state index contributed by atoms with van der Waals surface area (Å²) in [5.41, 5.74) is 4.03. The standard InChI is InChI=1S/C21H20FN3OS/c1-14-11-16-5-3-4-6-18(16)25(14)20(26)13-27-21-23-12-19(24(21)2)15-7-9-17(22)10-8-15/h3-10,12,14H,11,13H2,1-2H3/t14-/m1/s1. The van der Waals surface area contributed by atoms with Crippen molar-refractivity contribution in [1.29, 1.82) is 0 Å². The summed E-state index contributed by atoms with van der Waals surface area (Å²) < 4.78 is 15.1. The molecule has 2 heterocycles. The fraction of sp³-hybridized carbons (Fsp3) is 0.238. The van der Waals surface area contributed by atoms with E-state index >= 15 is 0 Å². The molecule has 4 nitrogen and oxygen atoms in total. The van der Waals surface area contributed by atoms with Gasteiger partial charge in [0.25, 0.3) is 0 Å². The molecule has 0 fully saturated rings. The minimum atomic E-state index is -0.263. The molecular weight excluding hydrogens is 361 g/mol. The van der Waals surface area contributed by atoms with Crippen molar-refractivity contribution in [3.05, 3.63) is 66.1 Å². The number of rotatable bonds is 4. The number of nitrogens with zero attached hydrogens (tertiary/aromatic N) is 3. The first-order valence-corrected chi connectivity index (χ1v) is 9.83. The maximum absolute atomic E-state index is 13.1. The molecule has 0 bridgehead atoms. The summed E-state index contributed by atoms with van der Waals surface area (Å²) in [5, 5.41) is 0.766. The van der Waals surface area contributed by atoms with Crippen LogP contribution in [-0.4, -0.2) is 27.3 Å². The topological polar surface area (TPSA) is 38.1 Å². The smallest absolute Gasteiger partial charge is 0.237 e. The summed E-state index contributed by atoms with van der Waals surface area (Å²) in [7, 11) is 1.91. The number of halogens is 1. The average Bonchev–Trinajstić information content (AvgIpc) is 3.19. The summed E-state index contributed by atoms with van der Waals surface area (Å²) in [6.07, 6.45) is 2.65. The zero-order valence-electron chi connectivity index (χ0n) is 15.2. The molecule has 0 saturated heterocycles. The van der Waals surface area contributed by atoms with E-state index in [0.29, 0.717) is 5.75 Å². The summed E-state index contributed by atoms with van der Waals surface area (Å²) >= 11 is 1.42. The van der Waals surface area contributed by atoms with Gasteiger partial charge in [0.15, 0.2) is 5.16 Å². The van der Waals surface area contributed by atoms with E-state index in [9.17, 15) is 9.18 Å². The first-order chi connectivity index (χ1) is 13.0. The molecule has 1 aliphatic rings. The number of thioether (sulfide) groups is 1. The number of carbonyl (C=O) groups excluding carboxylic acids is 1. The number of benzene rings is 2. The summed E-state index contributed by atoms with van der Waals surface area (Å²) in [5.74, 6) is 0.150. The van der Waals surface area contributed by atoms with Crippen LogP contribution in [0.4, 0.5) is 10.1 Å². The monoisotopic (exact) mass is 381 g/mol. The van der Waals surface area contributed by atoms with Crippen LogP contribution in [0.1, 0.15) is 12.5 Å². The third kappa shape index (κ3) is 3.37. The third-order valence-corrected chi connectivity index (χ3v) is 5.91. The summed E-state index contributed by atoms with van der Waals surface area (Å²) in [6, 6.07) is 14.6. The van der Waals surface area contributed by atoms with Crippen molar-refractivity contribution in [2.75, 3.05) is 10.7 Å². The van der Waals surface area contributed by atoms with Gasteiger partial charge in [0.05, 0.1) is 17.6 Å². The van der Waals surface area contributed by atoms with Crippen molar-refractivity contribution in [2.24, 2.45) is 7.05 Å². The molecule has 4 rings (SSSR count). The molecule has 0 radical (unpaired) electrons. The van der Waals surface area contributed by atoms with Crippen LogP contribution in [0.15, 0.2) is 59.9 Å². The van der Waals surface area contributed by atoms with Crippen LogP contribution >= 0.6 is 11.8 Å². The molecule has 0 saturated carbocycles. The zero-order chi connectivity index (χ0) is 19.0. The molecule has 1 aliphatic heterocycles. The quantitative estimate of drug-likeness (QED) is 0.633. The van der Waals surface area contributed by atoms with Crippen molar-refractivity contribution < 1.29 is 9.18 Å². The largest absolute Gasteiger partial charge is 0.322 e. The maximum Gasteiger partial charge on any atom is 0.237 e. The molecule has 3 aromatic rings. The fourth-order valence-electron chi connectivity index (χ4n) is 3.56. The lowest BCUT2D eigenvalue weighted by molar-refractivity contribution is -0.116. The van der Waals surface area contributed by atoms with Gasteiger partial charge < -0.3 is 9.47 Å². The highest BCUT2D eigenvalue weighted by Gasteiger charge is 2.30. The Labute approximate surface area is 162 Å². The molecular formula is C21H20FN3OS. The third-order valence-electron chi connectivity index (χ3n) is 4.89. The molecule has 138 valence electrons. The number of imidazole rings is 1. The minimum Gasteiger partial charge on any atom is -0.322 e. The second kappa shape index (κ2) is 7.19. The van der Waals surface area contributed by atoms with E-state index in [1.165, 1.54) is 29.5 Å². The van der Waals surface area contributed by atoms with Gasteiger partial charge in [-0.05, 0) is 54.8 Å². The van der Waals surface area contributed by atoms with Gasteiger partial charge in [-0.2, -0.15) is 0 Å². The van der Waals surface area contributed by atoms with Crippen LogP contribution in [0.5, 0.6) is 0 Å². The Morgan fingerprint density at radius 2 is 1.96 bits per heavy atom. The first-order valence-electron chi connectivity index (χ1n) is 8.85. The second-order valence-corrected chi connectivity index (χ2v) is 7.67. The van der Waals surface area contributed by atoms with Crippen molar-refractivity contribution in [3.63, 3.8) is 0 Å². The number of amides is 1. The van der Waals surface area contributed by atoms with Gasteiger partial charge in [-0.3, -0.25) is 4.79 Å². The van der Waals surface area contributed by atoms with Crippen LogP contribution in [0, 0.1) is 5.82 Å². The Morgan fingerprint density at radius 1 is 1.22 bits per heavy atom. The van der Waals surface area contributed by atoms with E-state index in [0.717, 1.165) is 28.5 Å². The van der Waals surface area contributed by atoms with Gasteiger partial charge in [-0.15, -0.1) is 0 Å². The average molecular weight is 381 g/mol. The lowest BCUT2D eigenvalue weighted by Crippen LogP contribution is -2.37. The highest BCUT2D eigenvalue weighted by atomic mass is 32.2. The van der Waals surface area contributed by atoms with Gasteiger partial charge in [0.2, 0.25) is 5.91 Å². The highest BCUT2D eigenvalue weighted by Crippen LogP contribution is 2.33. The van der Waals surface area contributed by atoms with Gasteiger partial charge in [-0.1, -0.05) is 30.0 Å². The van der Waals surface area contributed by atoms with Crippen molar-refractivity contribution in [2.45, 2.75) is 24.5 Å². The lowest BCUT2D eigenvalue weighted by Gasteiger charge is -2.22. The summed E-state index contributed by atoms with van der Waals surface area (Å²) in [6.45, 7) is 2.08. The predicted molar refractivity (Wildman–Crippen MR) is 106 cm³/mol. The number of para-hydroxylation sites is 1. The number of hydrogen-bond acceptors (Lipinski definition) is 3. The Kier molecular flexibility index (Phi) is 4.74. The minimum absolute atomic E-state index is 0.0868. The fourth-order valence-corrected chi connectivity index (χ4v) is 4.37. The summed E-state index contributed by atoms with van der Waals surface area (Å²) in [4.78, 5) is 19.2. The van der Waals surface area contributed by atoms with E-state index in [-0.39, 0.29) is 17.8 Å². The highest BCUT2D eigenvalue weighted by molar-refractivity contribution is 7.99. The molecule has 0 spiro atoms. The predicted octanol–water partition coefficient (Wildman–Crippen LogP) is 4.30. The number of aromatic nitrogens is 2. The van der Waals surface area contributed by atoms with E-state index in [1.54, 1.807) is 18.3 Å². The molecule has 1 atom stereocenters. The second-order valence-electron chi connectivity index (χ2n) is 6.73. The Balaban J connectivity index is 1.48. The molecule has 1 amide bonds. The van der Waals surface area contributed by atoms with Gasteiger partial charge in [0.1, 0.15) is 5.82 Å². The van der Waals surface area contributed by atoms with Crippen molar-refractivity contribution in [1.82, 2.24) is 9.55 Å². The maximum atomic E-state index is 13.1. The van der Waals surface area contributed by atoms with E-state index in [2.05, 4.69) is 18.0 Å². The number of fused-ring (bicyclic) bond motifs is 1. The number of carbonyl (C=O) groups is 1. The van der Waals surface area contributed by atoms with Gasteiger partial charge in [0, 0.05) is 18.8 Å². The van der Waals surface area contributed by atoms with Crippen LogP contribution < -0.4 is 4.90 Å². The zero-order valence-corrected chi connectivity index (χ0v) is 16.0. The molecule has 2 aromatic carbocycles. The van der Waals surface area contributed by atoms with Crippen LogP contribution in [0.25, 0.3) is 11.3 Å². The molecule has 0 aliphatic carbocycles. The molecule has 0 unspecified atom stereocenters. The Morgan fingerprint density at radius 3 is 2.74 bits per heavy atom. The van der Waals surface area contributed by atoms with E-state index < -0.39 is 0 Å². The van der Waals surface area contributed by atoms with Gasteiger partial charge >= 0.3 is 0 Å². The number of hydrogen-bond donors (Lipinski definition) is 0. The van der Waals surface area contributed by atoms with Crippen LogP contribution in [0.3, 0.4) is 0 Å². The Hall–Kier alpha value is -2.60. The lowest BCUT2D eigenvalue weighted by atomic mass is 10.1. The van der Waals surface area contributed by atoms with Crippen LogP contribution in [-0.2, 0) is 18.3 Å². The normalized spacial score (nSPS) is 15.8. The van der Waals surface area contributed by atoms with E-state index in [4.69, 9.17) is 0 Å². The van der Waals surface area contributed by atoms with E-state index in [1.807, 2.05) is 34.7 Å². The first kappa shape index (κ1) is 17.8. The number of anilines is 1. The SMILES string of the molecule is C[C@@H]1Cc2ccccc2N1C(=O)CSc1ncc(-c2ccc(F)cc2)n1C. The Bertz CT molecular complexity index is 983. The molecule has 27 heavy (non-hydrogen) atoms. The molecule has 1 aromatic heterocycles. The molecule has 0 N–H and O–H groups in total.